The van der Waals surface area contributed by atoms with Crippen LogP contribution in [-0.4, -0.2) is 30.3 Å². The predicted molar refractivity (Wildman–Crippen MR) is 142 cm³/mol. The molecule has 3 aromatic carbocycles. The quantitative estimate of drug-likeness (QED) is 0.331. The van der Waals surface area contributed by atoms with Gasteiger partial charge < -0.3 is 15.4 Å². The summed E-state index contributed by atoms with van der Waals surface area (Å²) in [5, 5.41) is 5.42. The van der Waals surface area contributed by atoms with E-state index >= 15 is 0 Å². The highest BCUT2D eigenvalue weighted by molar-refractivity contribution is 6.53. The Labute approximate surface area is 218 Å². The number of benzene rings is 3. The molecule has 3 amide bonds. The Morgan fingerprint density at radius 3 is 2.19 bits per heavy atom. The highest BCUT2D eigenvalue weighted by atomic mass is 35.5. The zero-order valence-corrected chi connectivity index (χ0v) is 21.2. The number of aryl methyl sites for hydroxylation is 2. The molecule has 0 aromatic heterocycles. The number of nitrogens with zero attached hydrogens (tertiary/aromatic N) is 1. The predicted octanol–water partition coefficient (Wildman–Crippen LogP) is 5.17. The molecule has 9 heteroatoms. The van der Waals surface area contributed by atoms with Crippen LogP contribution in [0.1, 0.15) is 38.8 Å². The molecule has 0 atom stereocenters. The minimum Gasteiger partial charge on any atom is -0.462 e. The average Bonchev–Trinajstić information content (AvgIpc) is 3.07. The zero-order valence-electron chi connectivity index (χ0n) is 20.4. The van der Waals surface area contributed by atoms with Gasteiger partial charge in [0, 0.05) is 16.9 Å². The number of imide groups is 1. The van der Waals surface area contributed by atoms with Gasteiger partial charge in [0.2, 0.25) is 0 Å². The van der Waals surface area contributed by atoms with Crippen LogP contribution in [0, 0.1) is 13.8 Å². The van der Waals surface area contributed by atoms with Crippen LogP contribution >= 0.6 is 11.6 Å². The fourth-order valence-electron chi connectivity index (χ4n) is 3.92. The van der Waals surface area contributed by atoms with Crippen LogP contribution in [0.4, 0.5) is 17.1 Å². The maximum absolute atomic E-state index is 13.1. The van der Waals surface area contributed by atoms with Gasteiger partial charge in [0.25, 0.3) is 17.7 Å². The maximum atomic E-state index is 13.1. The van der Waals surface area contributed by atoms with Gasteiger partial charge >= 0.3 is 5.97 Å². The molecule has 1 heterocycles. The second-order valence-electron chi connectivity index (χ2n) is 8.44. The second kappa shape index (κ2) is 10.7. The van der Waals surface area contributed by atoms with Gasteiger partial charge in [0.1, 0.15) is 10.7 Å². The summed E-state index contributed by atoms with van der Waals surface area (Å²) < 4.78 is 4.98. The minimum absolute atomic E-state index is 0.0428. The fourth-order valence-corrected chi connectivity index (χ4v) is 4.13. The van der Waals surface area contributed by atoms with E-state index in [0.29, 0.717) is 28.2 Å². The summed E-state index contributed by atoms with van der Waals surface area (Å²) in [4.78, 5) is 51.5. The van der Waals surface area contributed by atoms with Gasteiger partial charge in [-0.25, -0.2) is 9.69 Å². The monoisotopic (exact) mass is 517 g/mol. The van der Waals surface area contributed by atoms with Gasteiger partial charge in [-0.1, -0.05) is 23.7 Å². The normalized spacial score (nSPS) is 13.1. The van der Waals surface area contributed by atoms with Crippen LogP contribution < -0.4 is 15.5 Å². The van der Waals surface area contributed by atoms with E-state index < -0.39 is 23.7 Å². The van der Waals surface area contributed by atoms with Crippen molar-refractivity contribution in [2.45, 2.75) is 20.8 Å². The lowest BCUT2D eigenvalue weighted by atomic mass is 10.1. The molecular weight excluding hydrogens is 494 g/mol. The Morgan fingerprint density at radius 2 is 1.54 bits per heavy atom. The van der Waals surface area contributed by atoms with Gasteiger partial charge in [-0.2, -0.15) is 0 Å². The Morgan fingerprint density at radius 1 is 0.865 bits per heavy atom. The van der Waals surface area contributed by atoms with Gasteiger partial charge in [-0.05, 0) is 86.5 Å². The molecular formula is C28H24ClN3O5. The van der Waals surface area contributed by atoms with Crippen LogP contribution in [-0.2, 0) is 14.3 Å². The summed E-state index contributed by atoms with van der Waals surface area (Å²) in [7, 11) is 0. The number of esters is 1. The van der Waals surface area contributed by atoms with Gasteiger partial charge in [0.15, 0.2) is 0 Å². The van der Waals surface area contributed by atoms with E-state index in [1.807, 2.05) is 19.9 Å². The number of rotatable bonds is 7. The molecule has 0 bridgehead atoms. The van der Waals surface area contributed by atoms with Crippen LogP contribution in [0.25, 0.3) is 0 Å². The first kappa shape index (κ1) is 25.7. The molecule has 0 saturated heterocycles. The van der Waals surface area contributed by atoms with Crippen LogP contribution in [0.2, 0.25) is 0 Å². The number of ether oxygens (including phenoxy) is 1. The fraction of sp³-hybridized carbons (Fsp3) is 0.143. The number of carbonyl (C=O) groups excluding carboxylic acids is 4. The standard InChI is InChI=1S/C28H24ClN3O5/c1-4-37-28(36)19-6-5-7-21(15-19)31-25(33)18-8-10-20(11-9-18)30-24-23(29)26(34)32(27(24)35)22-13-16(2)12-17(3)14-22/h5-15,30H,4H2,1-3H3,(H,31,33). The van der Waals surface area contributed by atoms with Gasteiger partial charge in [-0.15, -0.1) is 0 Å². The number of hydrogen-bond acceptors (Lipinski definition) is 6. The third-order valence-electron chi connectivity index (χ3n) is 5.54. The summed E-state index contributed by atoms with van der Waals surface area (Å²) >= 11 is 6.23. The molecule has 0 radical (unpaired) electrons. The summed E-state index contributed by atoms with van der Waals surface area (Å²) in [6.07, 6.45) is 0. The van der Waals surface area contributed by atoms with Crippen molar-refractivity contribution in [2.75, 3.05) is 22.1 Å². The molecule has 188 valence electrons. The lowest BCUT2D eigenvalue weighted by molar-refractivity contribution is -0.120. The summed E-state index contributed by atoms with van der Waals surface area (Å²) in [6, 6.07) is 18.2. The molecule has 0 spiro atoms. The van der Waals surface area contributed by atoms with E-state index in [0.717, 1.165) is 16.0 Å². The maximum Gasteiger partial charge on any atom is 0.338 e. The van der Waals surface area contributed by atoms with Gasteiger partial charge in [-0.3, -0.25) is 14.4 Å². The number of nitrogens with one attached hydrogen (secondary N) is 2. The largest absolute Gasteiger partial charge is 0.462 e. The van der Waals surface area contributed by atoms with E-state index in [9.17, 15) is 19.2 Å². The second-order valence-corrected chi connectivity index (χ2v) is 8.82. The van der Waals surface area contributed by atoms with Crippen LogP contribution in [0.5, 0.6) is 0 Å². The Bertz CT molecular complexity index is 1430. The molecule has 3 aromatic rings. The van der Waals surface area contributed by atoms with E-state index in [2.05, 4.69) is 10.6 Å². The summed E-state index contributed by atoms with van der Waals surface area (Å²) in [5.41, 5.74) is 3.81. The van der Waals surface area contributed by atoms with Crippen molar-refractivity contribution in [3.05, 3.63) is 99.7 Å². The number of halogens is 1. The molecule has 0 fully saturated rings. The van der Waals surface area contributed by atoms with Crippen molar-refractivity contribution < 1.29 is 23.9 Å². The molecule has 8 nitrogen and oxygen atoms in total. The van der Waals surface area contributed by atoms with Crippen molar-refractivity contribution in [1.29, 1.82) is 0 Å². The van der Waals surface area contributed by atoms with Crippen molar-refractivity contribution in [2.24, 2.45) is 0 Å². The smallest absolute Gasteiger partial charge is 0.338 e. The van der Waals surface area contributed by atoms with E-state index in [4.69, 9.17) is 16.3 Å². The first-order valence-electron chi connectivity index (χ1n) is 11.5. The van der Waals surface area contributed by atoms with Crippen molar-refractivity contribution in [1.82, 2.24) is 0 Å². The summed E-state index contributed by atoms with van der Waals surface area (Å²) in [6.45, 7) is 5.73. The Balaban J connectivity index is 1.46. The highest BCUT2D eigenvalue weighted by Gasteiger charge is 2.39. The summed E-state index contributed by atoms with van der Waals surface area (Å²) in [5.74, 6) is -2.04. The topological polar surface area (TPSA) is 105 Å². The molecule has 37 heavy (non-hydrogen) atoms. The van der Waals surface area contributed by atoms with E-state index in [1.165, 1.54) is 6.07 Å². The lowest BCUT2D eigenvalue weighted by Crippen LogP contribution is -2.32. The number of hydrogen-bond donors (Lipinski definition) is 2. The Kier molecular flexibility index (Phi) is 7.40. The minimum atomic E-state index is -0.611. The van der Waals surface area contributed by atoms with E-state index in [1.54, 1.807) is 61.5 Å². The number of anilines is 3. The Hall–Kier alpha value is -4.43. The van der Waals surface area contributed by atoms with Crippen molar-refractivity contribution >= 4 is 52.4 Å². The van der Waals surface area contributed by atoms with Crippen LogP contribution in [0.15, 0.2) is 77.5 Å². The molecule has 4 rings (SSSR count). The first-order valence-corrected chi connectivity index (χ1v) is 11.9. The van der Waals surface area contributed by atoms with Crippen LogP contribution in [0.3, 0.4) is 0 Å². The molecule has 0 unspecified atom stereocenters. The van der Waals surface area contributed by atoms with Crippen molar-refractivity contribution in [3.63, 3.8) is 0 Å². The van der Waals surface area contributed by atoms with E-state index in [-0.39, 0.29) is 17.3 Å². The van der Waals surface area contributed by atoms with Gasteiger partial charge in [0.05, 0.1) is 17.9 Å². The number of carbonyl (C=O) groups is 4. The third kappa shape index (κ3) is 5.54. The molecule has 1 aliphatic rings. The molecule has 2 N–H and O–H groups in total. The molecule has 1 aliphatic heterocycles. The molecule has 0 aliphatic carbocycles. The zero-order chi connectivity index (χ0) is 26.7. The van der Waals surface area contributed by atoms with Crippen molar-refractivity contribution in [3.8, 4) is 0 Å². The molecule has 0 saturated carbocycles. The average molecular weight is 518 g/mol. The third-order valence-corrected chi connectivity index (χ3v) is 5.89. The highest BCUT2D eigenvalue weighted by Crippen LogP contribution is 2.31. The lowest BCUT2D eigenvalue weighted by Gasteiger charge is -2.16. The number of amides is 3. The first-order chi connectivity index (χ1) is 17.7. The SMILES string of the molecule is CCOC(=O)c1cccc(NC(=O)c2ccc(NC3=C(Cl)C(=O)N(c4cc(C)cc(C)c4)C3=O)cc2)c1.